The fourth-order valence-corrected chi connectivity index (χ4v) is 4.27. The van der Waals surface area contributed by atoms with Crippen molar-refractivity contribution in [3.05, 3.63) is 36.0 Å². The van der Waals surface area contributed by atoms with Crippen molar-refractivity contribution >= 4 is 0 Å². The molecule has 0 amide bonds. The molecule has 0 aromatic carbocycles. The maximum atomic E-state index is 10.6. The van der Waals surface area contributed by atoms with Gasteiger partial charge in [0.2, 0.25) is 0 Å². The first-order valence-corrected chi connectivity index (χ1v) is 7.30. The molecule has 1 N–H and O–H groups in total. The summed E-state index contributed by atoms with van der Waals surface area (Å²) in [7, 11) is 0. The average molecular weight is 260 g/mol. The minimum absolute atomic E-state index is 0.117. The molecule has 0 spiro atoms. The maximum absolute atomic E-state index is 10.6. The lowest BCUT2D eigenvalue weighted by atomic mass is 9.52. The van der Waals surface area contributed by atoms with E-state index in [1.54, 1.807) is 0 Å². The Hall–Kier alpha value is -0.860. The number of aliphatic hydroxyl groups excluding tert-OH is 1. The highest BCUT2D eigenvalue weighted by atomic mass is 16.5. The second kappa shape index (κ2) is 4.07. The highest BCUT2D eigenvalue weighted by Crippen LogP contribution is 2.58. The molecular weight excluding hydrogens is 236 g/mol. The molecule has 2 unspecified atom stereocenters. The molecular formula is C17H24O2. The normalized spacial score (nSPS) is 49.4. The number of aliphatic hydroxyl groups is 1. The summed E-state index contributed by atoms with van der Waals surface area (Å²) in [6.45, 7) is 11.6. The third-order valence-electron chi connectivity index (χ3n) is 5.62. The largest absolute Gasteiger partial charge is 0.392 e. The van der Waals surface area contributed by atoms with Crippen LogP contribution < -0.4 is 0 Å². The number of hydrogen-bond donors (Lipinski definition) is 1. The molecule has 0 bridgehead atoms. The standard InChI is InChI=1S/C17H24O2/c1-11-9-13-5-7-16(3)17(4,12(2)6-8-19-16)15(13)14(18)10-11/h5,7,9,11,14-15,18H,2,6,8,10H2,1,3-4H3/t11-,14?,15?,16-,17+/m1/s1. The van der Waals surface area contributed by atoms with Gasteiger partial charge in [-0.2, -0.15) is 0 Å². The van der Waals surface area contributed by atoms with E-state index in [2.05, 4.69) is 45.6 Å². The first kappa shape index (κ1) is 13.1. The Bertz CT molecular complexity index is 476. The lowest BCUT2D eigenvalue weighted by Crippen LogP contribution is -2.59. The molecule has 2 aliphatic carbocycles. The Morgan fingerprint density at radius 2 is 2.16 bits per heavy atom. The van der Waals surface area contributed by atoms with Gasteiger partial charge < -0.3 is 9.84 Å². The quantitative estimate of drug-likeness (QED) is 0.678. The lowest BCUT2D eigenvalue weighted by molar-refractivity contribution is -0.133. The zero-order valence-electron chi connectivity index (χ0n) is 12.1. The second-order valence-electron chi connectivity index (χ2n) is 6.77. The number of hydrogen-bond acceptors (Lipinski definition) is 2. The van der Waals surface area contributed by atoms with Crippen molar-refractivity contribution in [2.75, 3.05) is 6.61 Å². The van der Waals surface area contributed by atoms with Crippen molar-refractivity contribution < 1.29 is 9.84 Å². The molecule has 3 aliphatic rings. The van der Waals surface area contributed by atoms with Crippen LogP contribution in [0, 0.1) is 17.3 Å². The van der Waals surface area contributed by atoms with Crippen molar-refractivity contribution in [3.8, 4) is 0 Å². The van der Waals surface area contributed by atoms with E-state index in [0.717, 1.165) is 19.4 Å². The van der Waals surface area contributed by atoms with E-state index in [0.29, 0.717) is 5.92 Å². The third-order valence-corrected chi connectivity index (χ3v) is 5.62. The summed E-state index contributed by atoms with van der Waals surface area (Å²) < 4.78 is 6.08. The van der Waals surface area contributed by atoms with E-state index < -0.39 is 0 Å². The van der Waals surface area contributed by atoms with Gasteiger partial charge in [-0.1, -0.05) is 44.2 Å². The van der Waals surface area contributed by atoms with Crippen molar-refractivity contribution in [1.29, 1.82) is 0 Å². The molecule has 1 aliphatic heterocycles. The topological polar surface area (TPSA) is 29.5 Å². The summed E-state index contributed by atoms with van der Waals surface area (Å²) >= 11 is 0. The number of allylic oxidation sites excluding steroid dienone is 2. The number of ether oxygens (including phenoxy) is 1. The Morgan fingerprint density at radius 3 is 2.89 bits per heavy atom. The zero-order chi connectivity index (χ0) is 13.8. The van der Waals surface area contributed by atoms with E-state index >= 15 is 0 Å². The van der Waals surface area contributed by atoms with Crippen LogP contribution in [-0.2, 0) is 4.74 Å². The Labute approximate surface area is 115 Å². The van der Waals surface area contributed by atoms with Gasteiger partial charge in [0.15, 0.2) is 0 Å². The van der Waals surface area contributed by atoms with Gasteiger partial charge in [0.05, 0.1) is 18.3 Å². The molecule has 0 aromatic heterocycles. The molecule has 5 atom stereocenters. The summed E-state index contributed by atoms with van der Waals surface area (Å²) in [6, 6.07) is 0. The van der Waals surface area contributed by atoms with Crippen LogP contribution in [0.3, 0.4) is 0 Å². The Balaban J connectivity index is 2.16. The third kappa shape index (κ3) is 1.63. The summed E-state index contributed by atoms with van der Waals surface area (Å²) in [4.78, 5) is 0. The highest BCUT2D eigenvalue weighted by molar-refractivity contribution is 5.42. The van der Waals surface area contributed by atoms with Crippen molar-refractivity contribution in [3.63, 3.8) is 0 Å². The van der Waals surface area contributed by atoms with Gasteiger partial charge in [-0.15, -0.1) is 0 Å². The van der Waals surface area contributed by atoms with Crippen LogP contribution in [0.2, 0.25) is 0 Å². The van der Waals surface area contributed by atoms with Crippen LogP contribution in [0.5, 0.6) is 0 Å². The fraction of sp³-hybridized carbons (Fsp3) is 0.647. The summed E-state index contributed by atoms with van der Waals surface area (Å²) in [6.07, 6.45) is 8.06. The van der Waals surface area contributed by atoms with Crippen LogP contribution in [0.1, 0.15) is 33.6 Å². The minimum atomic E-state index is -0.341. The first-order chi connectivity index (χ1) is 8.88. The van der Waals surface area contributed by atoms with Gasteiger partial charge >= 0.3 is 0 Å². The molecule has 0 aromatic rings. The molecule has 2 heteroatoms. The van der Waals surface area contributed by atoms with E-state index in [-0.39, 0.29) is 23.0 Å². The second-order valence-corrected chi connectivity index (χ2v) is 6.77. The van der Waals surface area contributed by atoms with Crippen molar-refractivity contribution in [1.82, 2.24) is 0 Å². The maximum Gasteiger partial charge on any atom is 0.0934 e. The molecule has 2 nitrogen and oxygen atoms in total. The Morgan fingerprint density at radius 1 is 1.42 bits per heavy atom. The highest BCUT2D eigenvalue weighted by Gasteiger charge is 2.58. The average Bonchev–Trinajstić information content (AvgIpc) is 2.32. The predicted octanol–water partition coefficient (Wildman–Crippen LogP) is 3.24. The fourth-order valence-electron chi connectivity index (χ4n) is 4.27. The van der Waals surface area contributed by atoms with Crippen LogP contribution in [-0.4, -0.2) is 23.4 Å². The van der Waals surface area contributed by atoms with Gasteiger partial charge in [0, 0.05) is 11.3 Å². The molecule has 0 radical (unpaired) electrons. The van der Waals surface area contributed by atoms with E-state index in [9.17, 15) is 5.11 Å². The molecule has 19 heavy (non-hydrogen) atoms. The van der Waals surface area contributed by atoms with E-state index in [1.165, 1.54) is 11.1 Å². The molecule has 104 valence electrons. The van der Waals surface area contributed by atoms with Gasteiger partial charge in [-0.05, 0) is 31.3 Å². The monoisotopic (exact) mass is 260 g/mol. The SMILES string of the molecule is C=C1CCO[C@]2(C)C=CC3=C[C@@H](C)CC(O)C3[C@]12C. The van der Waals surface area contributed by atoms with Gasteiger partial charge in [-0.3, -0.25) is 0 Å². The van der Waals surface area contributed by atoms with Crippen molar-refractivity contribution in [2.45, 2.75) is 45.3 Å². The predicted molar refractivity (Wildman–Crippen MR) is 76.7 cm³/mol. The van der Waals surface area contributed by atoms with Gasteiger partial charge in [-0.25, -0.2) is 0 Å². The van der Waals surface area contributed by atoms with Crippen LogP contribution in [0.15, 0.2) is 36.0 Å². The van der Waals surface area contributed by atoms with Gasteiger partial charge in [0.1, 0.15) is 0 Å². The smallest absolute Gasteiger partial charge is 0.0934 e. The van der Waals surface area contributed by atoms with E-state index in [1.807, 2.05) is 0 Å². The van der Waals surface area contributed by atoms with Crippen LogP contribution in [0.4, 0.5) is 0 Å². The number of rotatable bonds is 0. The molecule has 3 rings (SSSR count). The lowest BCUT2D eigenvalue weighted by Gasteiger charge is -2.58. The number of fused-ring (bicyclic) bond motifs is 3. The zero-order valence-corrected chi connectivity index (χ0v) is 12.1. The molecule has 0 saturated carbocycles. The van der Waals surface area contributed by atoms with Crippen LogP contribution >= 0.6 is 0 Å². The molecule has 1 fully saturated rings. The summed E-state index contributed by atoms with van der Waals surface area (Å²) in [5, 5.41) is 10.6. The summed E-state index contributed by atoms with van der Waals surface area (Å²) in [5.41, 5.74) is 1.94. The minimum Gasteiger partial charge on any atom is -0.392 e. The Kier molecular flexibility index (Phi) is 2.81. The summed E-state index contributed by atoms with van der Waals surface area (Å²) in [5.74, 6) is 0.558. The van der Waals surface area contributed by atoms with E-state index in [4.69, 9.17) is 4.74 Å². The first-order valence-electron chi connectivity index (χ1n) is 7.30. The molecule has 1 saturated heterocycles. The van der Waals surface area contributed by atoms with Crippen LogP contribution in [0.25, 0.3) is 0 Å². The molecule has 1 heterocycles. The van der Waals surface area contributed by atoms with Gasteiger partial charge in [0.25, 0.3) is 0 Å². The van der Waals surface area contributed by atoms with Crippen molar-refractivity contribution in [2.24, 2.45) is 17.3 Å².